The van der Waals surface area contributed by atoms with Crippen molar-refractivity contribution in [2.24, 2.45) is 5.92 Å². The van der Waals surface area contributed by atoms with Crippen LogP contribution in [0.25, 0.3) is 0 Å². The highest BCUT2D eigenvalue weighted by Crippen LogP contribution is 2.17. The second kappa shape index (κ2) is 6.43. The first kappa shape index (κ1) is 15.3. The lowest BCUT2D eigenvalue weighted by molar-refractivity contribution is -0.137. The SMILES string of the molecule is C#CCN(CC(=O)O)C(=O)NCC1CCS(=O)(=O)C1. The molecule has 8 heteroatoms. The normalized spacial score (nSPS) is 20.5. The zero-order valence-corrected chi connectivity index (χ0v) is 11.1. The quantitative estimate of drug-likeness (QED) is 0.641. The van der Waals surface area contributed by atoms with Crippen LogP contribution in [-0.2, 0) is 14.6 Å². The third kappa shape index (κ3) is 5.18. The van der Waals surface area contributed by atoms with Crippen LogP contribution in [0, 0.1) is 18.3 Å². The summed E-state index contributed by atoms with van der Waals surface area (Å²) >= 11 is 0. The molecule has 1 heterocycles. The van der Waals surface area contributed by atoms with Crippen LogP contribution in [0.15, 0.2) is 0 Å². The van der Waals surface area contributed by atoms with Crippen LogP contribution >= 0.6 is 0 Å². The van der Waals surface area contributed by atoms with Gasteiger partial charge in [-0.1, -0.05) is 5.92 Å². The van der Waals surface area contributed by atoms with E-state index >= 15 is 0 Å². The number of carbonyl (C=O) groups is 2. The van der Waals surface area contributed by atoms with Gasteiger partial charge in [0.25, 0.3) is 0 Å². The van der Waals surface area contributed by atoms with E-state index in [0.717, 1.165) is 4.90 Å². The molecule has 2 amide bonds. The third-order valence-electron chi connectivity index (χ3n) is 2.76. The highest BCUT2D eigenvalue weighted by molar-refractivity contribution is 7.91. The van der Waals surface area contributed by atoms with Crippen molar-refractivity contribution in [3.63, 3.8) is 0 Å². The molecule has 1 atom stereocenters. The summed E-state index contributed by atoms with van der Waals surface area (Å²) in [6.45, 7) is -0.390. The van der Waals surface area contributed by atoms with Crippen LogP contribution in [0.2, 0.25) is 0 Å². The van der Waals surface area contributed by atoms with E-state index in [1.807, 2.05) is 0 Å². The Kier molecular flexibility index (Phi) is 5.18. The van der Waals surface area contributed by atoms with E-state index in [0.29, 0.717) is 6.42 Å². The van der Waals surface area contributed by atoms with Crippen LogP contribution in [-0.4, -0.2) is 61.6 Å². The lowest BCUT2D eigenvalue weighted by Crippen LogP contribution is -2.44. The summed E-state index contributed by atoms with van der Waals surface area (Å²) in [7, 11) is -2.98. The topological polar surface area (TPSA) is 104 Å². The minimum atomic E-state index is -2.98. The van der Waals surface area contributed by atoms with E-state index in [-0.39, 0.29) is 30.5 Å². The molecular weight excluding hydrogens is 272 g/mol. The number of carboxylic acids is 1. The first-order valence-electron chi connectivity index (χ1n) is 5.72. The number of aliphatic carboxylic acids is 1. The summed E-state index contributed by atoms with van der Waals surface area (Å²) in [6, 6.07) is -0.593. The monoisotopic (exact) mass is 288 g/mol. The zero-order valence-electron chi connectivity index (χ0n) is 10.3. The van der Waals surface area contributed by atoms with Gasteiger partial charge in [-0.15, -0.1) is 6.42 Å². The van der Waals surface area contributed by atoms with Crippen molar-refractivity contribution in [1.29, 1.82) is 0 Å². The number of carbonyl (C=O) groups excluding carboxylic acids is 1. The Labute approximate surface area is 111 Å². The molecular formula is C11H16N2O5S. The van der Waals surface area contributed by atoms with Gasteiger partial charge in [-0.2, -0.15) is 0 Å². The van der Waals surface area contributed by atoms with E-state index in [1.54, 1.807) is 0 Å². The number of hydrogen-bond acceptors (Lipinski definition) is 4. The molecule has 7 nitrogen and oxygen atoms in total. The predicted octanol–water partition coefficient (Wildman–Crippen LogP) is -0.849. The molecule has 0 radical (unpaired) electrons. The predicted molar refractivity (Wildman–Crippen MR) is 68.2 cm³/mol. The molecule has 1 fully saturated rings. The van der Waals surface area contributed by atoms with Gasteiger partial charge in [0.2, 0.25) is 0 Å². The first-order valence-corrected chi connectivity index (χ1v) is 7.54. The standard InChI is InChI=1S/C11H16N2O5S/c1-2-4-13(7-10(14)15)11(16)12-6-9-3-5-19(17,18)8-9/h1,9H,3-8H2,(H,12,16)(H,14,15). The number of carboxylic acid groups (broad SMARTS) is 1. The molecule has 0 aliphatic carbocycles. The number of amides is 2. The minimum absolute atomic E-state index is 0.0569. The fourth-order valence-electron chi connectivity index (χ4n) is 1.85. The summed E-state index contributed by atoms with van der Waals surface area (Å²) in [6.07, 6.45) is 5.56. The number of sulfone groups is 1. The maximum absolute atomic E-state index is 11.7. The third-order valence-corrected chi connectivity index (χ3v) is 4.60. The molecule has 1 aliphatic rings. The van der Waals surface area contributed by atoms with Gasteiger partial charge in [0.15, 0.2) is 9.84 Å². The Balaban J connectivity index is 2.45. The van der Waals surface area contributed by atoms with Crippen LogP contribution in [0.1, 0.15) is 6.42 Å². The number of urea groups is 1. The van der Waals surface area contributed by atoms with Gasteiger partial charge in [0.05, 0.1) is 18.1 Å². The molecule has 0 saturated carbocycles. The number of hydrogen-bond donors (Lipinski definition) is 2. The van der Waals surface area contributed by atoms with E-state index in [1.165, 1.54) is 0 Å². The lowest BCUT2D eigenvalue weighted by atomic mass is 10.1. The molecule has 1 unspecified atom stereocenters. The van der Waals surface area contributed by atoms with E-state index < -0.39 is 28.4 Å². The maximum atomic E-state index is 11.7. The smallest absolute Gasteiger partial charge is 0.323 e. The molecule has 19 heavy (non-hydrogen) atoms. The van der Waals surface area contributed by atoms with Gasteiger partial charge < -0.3 is 15.3 Å². The average Bonchev–Trinajstić information content (AvgIpc) is 2.65. The Hall–Kier alpha value is -1.75. The summed E-state index contributed by atoms with van der Waals surface area (Å²) < 4.78 is 22.5. The summed E-state index contributed by atoms with van der Waals surface area (Å²) in [5.41, 5.74) is 0. The van der Waals surface area contributed by atoms with Gasteiger partial charge in [-0.25, -0.2) is 13.2 Å². The second-order valence-electron chi connectivity index (χ2n) is 4.41. The van der Waals surface area contributed by atoms with Crippen molar-refractivity contribution in [3.05, 3.63) is 0 Å². The van der Waals surface area contributed by atoms with Crippen molar-refractivity contribution >= 4 is 21.8 Å². The number of rotatable bonds is 5. The van der Waals surface area contributed by atoms with E-state index in [4.69, 9.17) is 11.5 Å². The van der Waals surface area contributed by atoms with Crippen LogP contribution in [0.5, 0.6) is 0 Å². The summed E-state index contributed by atoms with van der Waals surface area (Å²) in [5, 5.41) is 11.2. The van der Waals surface area contributed by atoms with Gasteiger partial charge in [0, 0.05) is 6.54 Å². The van der Waals surface area contributed by atoms with Crippen molar-refractivity contribution < 1.29 is 23.1 Å². The molecule has 1 aliphatic heterocycles. The maximum Gasteiger partial charge on any atom is 0.323 e. The largest absolute Gasteiger partial charge is 0.480 e. The molecule has 106 valence electrons. The van der Waals surface area contributed by atoms with Crippen LogP contribution in [0.4, 0.5) is 4.79 Å². The van der Waals surface area contributed by atoms with Gasteiger partial charge in [-0.05, 0) is 12.3 Å². The molecule has 1 rings (SSSR count). The Morgan fingerprint density at radius 3 is 2.63 bits per heavy atom. The zero-order chi connectivity index (χ0) is 14.5. The van der Waals surface area contributed by atoms with Gasteiger partial charge in [-0.3, -0.25) is 4.79 Å². The molecule has 0 spiro atoms. The van der Waals surface area contributed by atoms with Crippen molar-refractivity contribution in [1.82, 2.24) is 10.2 Å². The number of nitrogens with zero attached hydrogens (tertiary/aromatic N) is 1. The second-order valence-corrected chi connectivity index (χ2v) is 6.64. The van der Waals surface area contributed by atoms with Crippen molar-refractivity contribution in [2.75, 3.05) is 31.1 Å². The number of terminal acetylenes is 1. The van der Waals surface area contributed by atoms with Crippen molar-refractivity contribution in [2.45, 2.75) is 6.42 Å². The Morgan fingerprint density at radius 1 is 1.47 bits per heavy atom. The highest BCUT2D eigenvalue weighted by Gasteiger charge is 2.28. The molecule has 0 aromatic carbocycles. The molecule has 0 bridgehead atoms. The van der Waals surface area contributed by atoms with Gasteiger partial charge in [0.1, 0.15) is 6.54 Å². The summed E-state index contributed by atoms with van der Waals surface area (Å²) in [4.78, 5) is 23.2. The number of nitrogens with one attached hydrogen (secondary N) is 1. The fraction of sp³-hybridized carbons (Fsp3) is 0.636. The van der Waals surface area contributed by atoms with Crippen LogP contribution < -0.4 is 5.32 Å². The molecule has 1 saturated heterocycles. The average molecular weight is 288 g/mol. The van der Waals surface area contributed by atoms with E-state index in [9.17, 15) is 18.0 Å². The fourth-order valence-corrected chi connectivity index (χ4v) is 3.71. The molecule has 0 aromatic heterocycles. The summed E-state index contributed by atoms with van der Waals surface area (Å²) in [5.74, 6) is 1.12. The Morgan fingerprint density at radius 2 is 2.16 bits per heavy atom. The van der Waals surface area contributed by atoms with Crippen LogP contribution in [0.3, 0.4) is 0 Å². The first-order chi connectivity index (χ1) is 8.84. The molecule has 0 aromatic rings. The lowest BCUT2D eigenvalue weighted by Gasteiger charge is -2.19. The van der Waals surface area contributed by atoms with Gasteiger partial charge >= 0.3 is 12.0 Å². The molecule has 2 N–H and O–H groups in total. The minimum Gasteiger partial charge on any atom is -0.480 e. The highest BCUT2D eigenvalue weighted by atomic mass is 32.2. The Bertz CT molecular complexity index is 494. The van der Waals surface area contributed by atoms with E-state index in [2.05, 4.69) is 11.2 Å². The van der Waals surface area contributed by atoms with Crippen molar-refractivity contribution in [3.8, 4) is 12.3 Å².